The fraction of sp³-hybridized carbons (Fsp3) is 0.312. The summed E-state index contributed by atoms with van der Waals surface area (Å²) < 4.78 is 4.93. The van der Waals surface area contributed by atoms with Crippen molar-refractivity contribution in [2.75, 3.05) is 25.6 Å². The third kappa shape index (κ3) is 5.19. The maximum Gasteiger partial charge on any atom is 0.254 e. The highest BCUT2D eigenvalue weighted by Gasteiger charge is 2.07. The van der Waals surface area contributed by atoms with E-state index in [9.17, 15) is 4.79 Å². The van der Waals surface area contributed by atoms with Gasteiger partial charge in [0, 0.05) is 43.4 Å². The summed E-state index contributed by atoms with van der Waals surface area (Å²) in [6.07, 6.45) is 3.73. The van der Waals surface area contributed by atoms with Gasteiger partial charge >= 0.3 is 0 Å². The van der Waals surface area contributed by atoms with Crippen LogP contribution in [-0.4, -0.2) is 36.1 Å². The number of anilines is 2. The number of aryl methyl sites for hydroxylation is 1. The highest BCUT2D eigenvalue weighted by molar-refractivity contribution is 6.30. The van der Waals surface area contributed by atoms with Crippen molar-refractivity contribution in [1.29, 1.82) is 0 Å². The molecule has 0 bridgehead atoms. The molecule has 0 radical (unpaired) electrons. The molecule has 7 heteroatoms. The van der Waals surface area contributed by atoms with E-state index in [0.717, 1.165) is 17.7 Å². The minimum atomic E-state index is -0.202. The molecule has 0 aliphatic carbocycles. The Hall–Kier alpha value is -2.18. The number of amides is 1. The minimum absolute atomic E-state index is 0.202. The van der Waals surface area contributed by atoms with Crippen LogP contribution < -0.4 is 10.6 Å². The first kappa shape index (κ1) is 17.2. The Bertz CT molecular complexity index is 662. The number of nitrogens with zero attached hydrogens (tertiary/aromatic N) is 2. The van der Waals surface area contributed by atoms with Gasteiger partial charge in [-0.1, -0.05) is 17.7 Å². The Morgan fingerprint density at radius 3 is 2.74 bits per heavy atom. The Balaban J connectivity index is 1.96. The van der Waals surface area contributed by atoms with E-state index in [0.29, 0.717) is 29.7 Å². The second kappa shape index (κ2) is 8.45. The lowest BCUT2D eigenvalue weighted by Gasteiger charge is -2.09. The van der Waals surface area contributed by atoms with E-state index in [1.807, 2.05) is 19.1 Å². The average Bonchev–Trinajstić information content (AvgIpc) is 2.55. The van der Waals surface area contributed by atoms with Crippen LogP contribution in [-0.2, 0) is 4.74 Å². The first-order valence-corrected chi connectivity index (χ1v) is 7.60. The van der Waals surface area contributed by atoms with Crippen LogP contribution >= 0.6 is 11.6 Å². The van der Waals surface area contributed by atoms with Crippen molar-refractivity contribution in [3.63, 3.8) is 0 Å². The minimum Gasteiger partial charge on any atom is -0.385 e. The van der Waals surface area contributed by atoms with Gasteiger partial charge in [-0.25, -0.2) is 9.97 Å². The van der Waals surface area contributed by atoms with Gasteiger partial charge in [0.2, 0.25) is 5.95 Å². The maximum absolute atomic E-state index is 11.9. The molecule has 2 aromatic rings. The van der Waals surface area contributed by atoms with Crippen LogP contribution in [0, 0.1) is 6.92 Å². The summed E-state index contributed by atoms with van der Waals surface area (Å²) in [6, 6.07) is 5.53. The molecular weight excluding hydrogens is 316 g/mol. The van der Waals surface area contributed by atoms with Crippen molar-refractivity contribution in [1.82, 2.24) is 15.3 Å². The van der Waals surface area contributed by atoms with Gasteiger partial charge in [-0.3, -0.25) is 4.79 Å². The molecule has 0 aliphatic heterocycles. The molecule has 23 heavy (non-hydrogen) atoms. The standard InChI is InChI=1S/C16H19ClN4O2/c1-11-4-5-13(17)8-14(11)21-16-19-9-12(10-20-16)15(22)18-6-3-7-23-2/h4-5,8-10H,3,6-7H2,1-2H3,(H,18,22)(H,19,20,21). The molecule has 2 N–H and O–H groups in total. The molecular formula is C16H19ClN4O2. The molecule has 1 aromatic carbocycles. The summed E-state index contributed by atoms with van der Waals surface area (Å²) in [5.41, 5.74) is 2.27. The van der Waals surface area contributed by atoms with Gasteiger partial charge in [0.15, 0.2) is 0 Å². The number of aromatic nitrogens is 2. The van der Waals surface area contributed by atoms with Gasteiger partial charge in [0.05, 0.1) is 5.56 Å². The zero-order valence-corrected chi connectivity index (χ0v) is 13.9. The number of rotatable bonds is 7. The van der Waals surface area contributed by atoms with Gasteiger partial charge in [-0.05, 0) is 31.0 Å². The first-order valence-electron chi connectivity index (χ1n) is 7.22. The quantitative estimate of drug-likeness (QED) is 0.761. The van der Waals surface area contributed by atoms with Crippen molar-refractivity contribution in [2.45, 2.75) is 13.3 Å². The molecule has 0 saturated carbocycles. The molecule has 1 amide bonds. The van der Waals surface area contributed by atoms with Crippen LogP contribution in [0.4, 0.5) is 11.6 Å². The topological polar surface area (TPSA) is 76.1 Å². The van der Waals surface area contributed by atoms with Gasteiger partial charge < -0.3 is 15.4 Å². The van der Waals surface area contributed by atoms with Crippen molar-refractivity contribution in [2.24, 2.45) is 0 Å². The summed E-state index contributed by atoms with van der Waals surface area (Å²) in [5, 5.41) is 6.50. The zero-order valence-electron chi connectivity index (χ0n) is 13.1. The second-order valence-electron chi connectivity index (χ2n) is 4.98. The van der Waals surface area contributed by atoms with Gasteiger partial charge in [0.25, 0.3) is 5.91 Å². The SMILES string of the molecule is COCCCNC(=O)c1cnc(Nc2cc(Cl)ccc2C)nc1. The third-order valence-electron chi connectivity index (χ3n) is 3.17. The van der Waals surface area contributed by atoms with Crippen LogP contribution in [0.15, 0.2) is 30.6 Å². The number of carbonyl (C=O) groups is 1. The van der Waals surface area contributed by atoms with E-state index < -0.39 is 0 Å². The van der Waals surface area contributed by atoms with Crippen LogP contribution in [0.1, 0.15) is 22.3 Å². The average molecular weight is 335 g/mol. The molecule has 1 aromatic heterocycles. The molecule has 6 nitrogen and oxygen atoms in total. The highest BCUT2D eigenvalue weighted by Crippen LogP contribution is 2.22. The van der Waals surface area contributed by atoms with Crippen LogP contribution in [0.5, 0.6) is 0 Å². The summed E-state index contributed by atoms with van der Waals surface area (Å²) in [4.78, 5) is 20.2. The lowest BCUT2D eigenvalue weighted by Crippen LogP contribution is -2.25. The summed E-state index contributed by atoms with van der Waals surface area (Å²) in [7, 11) is 1.63. The number of carbonyl (C=O) groups excluding carboxylic acids is 1. The Kier molecular flexibility index (Phi) is 6.31. The monoisotopic (exact) mass is 334 g/mol. The number of nitrogens with one attached hydrogen (secondary N) is 2. The molecule has 1 heterocycles. The molecule has 122 valence electrons. The number of methoxy groups -OCH3 is 1. The van der Waals surface area contributed by atoms with Crippen molar-refractivity contribution in [3.05, 3.63) is 46.7 Å². The van der Waals surface area contributed by atoms with Gasteiger partial charge in [0.1, 0.15) is 0 Å². The van der Waals surface area contributed by atoms with E-state index in [-0.39, 0.29) is 5.91 Å². The molecule has 2 rings (SSSR count). The largest absolute Gasteiger partial charge is 0.385 e. The predicted octanol–water partition coefficient (Wildman–Crippen LogP) is 2.95. The fourth-order valence-electron chi connectivity index (χ4n) is 1.88. The molecule has 0 fully saturated rings. The predicted molar refractivity (Wildman–Crippen MR) is 90.3 cm³/mol. The van der Waals surface area contributed by atoms with Crippen molar-refractivity contribution in [3.8, 4) is 0 Å². The molecule has 0 spiro atoms. The Morgan fingerprint density at radius 1 is 1.30 bits per heavy atom. The third-order valence-corrected chi connectivity index (χ3v) is 3.41. The van der Waals surface area contributed by atoms with E-state index in [1.165, 1.54) is 12.4 Å². The van der Waals surface area contributed by atoms with Gasteiger partial charge in [-0.15, -0.1) is 0 Å². The second-order valence-corrected chi connectivity index (χ2v) is 5.42. The van der Waals surface area contributed by atoms with Crippen LogP contribution in [0.3, 0.4) is 0 Å². The first-order chi connectivity index (χ1) is 11.1. The summed E-state index contributed by atoms with van der Waals surface area (Å²) in [6.45, 7) is 3.12. The van der Waals surface area contributed by atoms with Crippen LogP contribution in [0.2, 0.25) is 5.02 Å². The number of benzene rings is 1. The number of hydrogen-bond donors (Lipinski definition) is 2. The molecule has 0 saturated heterocycles. The van der Waals surface area contributed by atoms with E-state index in [1.54, 1.807) is 13.2 Å². The lowest BCUT2D eigenvalue weighted by atomic mass is 10.2. The van der Waals surface area contributed by atoms with E-state index in [2.05, 4.69) is 20.6 Å². The van der Waals surface area contributed by atoms with Gasteiger partial charge in [-0.2, -0.15) is 0 Å². The number of ether oxygens (including phenoxy) is 1. The molecule has 0 aliphatic rings. The van der Waals surface area contributed by atoms with Crippen molar-refractivity contribution < 1.29 is 9.53 Å². The number of halogens is 1. The number of hydrogen-bond acceptors (Lipinski definition) is 5. The van der Waals surface area contributed by atoms with Crippen molar-refractivity contribution >= 4 is 29.1 Å². The summed E-state index contributed by atoms with van der Waals surface area (Å²) >= 11 is 5.98. The lowest BCUT2D eigenvalue weighted by molar-refractivity contribution is 0.0948. The smallest absolute Gasteiger partial charge is 0.254 e. The fourth-order valence-corrected chi connectivity index (χ4v) is 2.05. The zero-order chi connectivity index (χ0) is 16.7. The molecule has 0 atom stereocenters. The van der Waals surface area contributed by atoms with Crippen LogP contribution in [0.25, 0.3) is 0 Å². The van der Waals surface area contributed by atoms with E-state index in [4.69, 9.17) is 16.3 Å². The van der Waals surface area contributed by atoms with E-state index >= 15 is 0 Å². The highest BCUT2D eigenvalue weighted by atomic mass is 35.5. The summed E-state index contributed by atoms with van der Waals surface area (Å²) in [5.74, 6) is 0.206. The maximum atomic E-state index is 11.9. The normalized spacial score (nSPS) is 10.4. The molecule has 0 unspecified atom stereocenters. The Labute approximate surface area is 140 Å². The Morgan fingerprint density at radius 2 is 2.04 bits per heavy atom.